The molecule has 0 aliphatic carbocycles. The Hall–Kier alpha value is -1.02. The largest absolute Gasteiger partial charge is 0.451 e. The Kier molecular flexibility index (Phi) is 20.2. The van der Waals surface area contributed by atoms with Gasteiger partial charge in [0.25, 0.3) is 0 Å². The van der Waals surface area contributed by atoms with Crippen molar-refractivity contribution >= 4 is 11.8 Å². The van der Waals surface area contributed by atoms with Crippen molar-refractivity contribution in [2.24, 2.45) is 0 Å². The van der Waals surface area contributed by atoms with Gasteiger partial charge in [0.15, 0.2) is 6.10 Å². The summed E-state index contributed by atoms with van der Waals surface area (Å²) in [4.78, 5) is 23.6. The second-order valence-corrected chi connectivity index (χ2v) is 8.48. The Morgan fingerprint density at radius 1 is 0.710 bits per heavy atom. The van der Waals surface area contributed by atoms with Crippen LogP contribution in [0.1, 0.15) is 110 Å². The summed E-state index contributed by atoms with van der Waals surface area (Å²) < 4.78 is 4.94. The molecule has 0 rings (SSSR count). The molecular weight excluding hydrogens is 400 g/mol. The van der Waals surface area contributed by atoms with Crippen molar-refractivity contribution < 1.29 is 34.8 Å². The number of aliphatic hydroxyl groups is 4. The number of hydrogen-bond acceptors (Lipinski definition) is 7. The third-order valence-corrected chi connectivity index (χ3v) is 5.61. The maximum Gasteiger partial charge on any atom is 0.306 e. The van der Waals surface area contributed by atoms with E-state index in [9.17, 15) is 19.8 Å². The average molecular weight is 447 g/mol. The van der Waals surface area contributed by atoms with Gasteiger partial charge in [0.2, 0.25) is 5.78 Å². The first-order chi connectivity index (χ1) is 15.0. The molecule has 7 heteroatoms. The quantitative estimate of drug-likeness (QED) is 0.148. The smallest absolute Gasteiger partial charge is 0.306 e. The zero-order valence-corrected chi connectivity index (χ0v) is 19.5. The van der Waals surface area contributed by atoms with Crippen LogP contribution in [0, 0.1) is 0 Å². The summed E-state index contributed by atoms with van der Waals surface area (Å²) in [6.07, 6.45) is 13.3. The van der Waals surface area contributed by atoms with E-state index in [2.05, 4.69) is 6.92 Å². The number of aliphatic hydroxyl groups excluding tert-OH is 4. The van der Waals surface area contributed by atoms with Crippen LogP contribution >= 0.6 is 0 Å². The Morgan fingerprint density at radius 3 is 1.52 bits per heavy atom. The second kappa shape index (κ2) is 20.9. The van der Waals surface area contributed by atoms with Crippen molar-refractivity contribution in [1.29, 1.82) is 0 Å². The minimum atomic E-state index is -1.77. The van der Waals surface area contributed by atoms with Crippen molar-refractivity contribution in [3.63, 3.8) is 0 Å². The fraction of sp³-hybridized carbons (Fsp3) is 0.917. The van der Waals surface area contributed by atoms with Crippen molar-refractivity contribution in [2.75, 3.05) is 13.2 Å². The summed E-state index contributed by atoms with van der Waals surface area (Å²) in [7, 11) is 0. The highest BCUT2D eigenvalue weighted by atomic mass is 16.6. The van der Waals surface area contributed by atoms with Gasteiger partial charge in [-0.3, -0.25) is 9.59 Å². The van der Waals surface area contributed by atoms with Crippen molar-refractivity contribution in [2.45, 2.75) is 128 Å². The minimum absolute atomic E-state index is 0.107. The molecule has 0 aliphatic rings. The van der Waals surface area contributed by atoms with Crippen LogP contribution in [-0.2, 0) is 14.3 Å². The molecule has 0 amide bonds. The number of ketones is 1. The first kappa shape index (κ1) is 30.0. The van der Waals surface area contributed by atoms with Gasteiger partial charge in [0, 0.05) is 6.42 Å². The molecule has 0 fully saturated rings. The van der Waals surface area contributed by atoms with Crippen LogP contribution in [-0.4, -0.2) is 63.7 Å². The Balaban J connectivity index is 3.69. The van der Waals surface area contributed by atoms with Crippen molar-refractivity contribution in [1.82, 2.24) is 0 Å². The van der Waals surface area contributed by atoms with Crippen LogP contribution < -0.4 is 0 Å². The molecule has 0 radical (unpaired) electrons. The Labute approximate surface area is 188 Å². The number of unbranched alkanes of at least 4 members (excludes halogenated alkanes) is 14. The van der Waals surface area contributed by atoms with Crippen LogP contribution in [0.3, 0.4) is 0 Å². The lowest BCUT2D eigenvalue weighted by Gasteiger charge is -2.24. The number of carbonyl (C=O) groups excluding carboxylic acids is 2. The summed E-state index contributed by atoms with van der Waals surface area (Å²) in [5, 5.41) is 37.1. The molecule has 0 spiro atoms. The molecule has 7 nitrogen and oxygen atoms in total. The summed E-state index contributed by atoms with van der Waals surface area (Å²) in [5.41, 5.74) is 0. The van der Waals surface area contributed by atoms with Gasteiger partial charge >= 0.3 is 5.97 Å². The second-order valence-electron chi connectivity index (χ2n) is 8.48. The zero-order valence-electron chi connectivity index (χ0n) is 19.5. The summed E-state index contributed by atoms with van der Waals surface area (Å²) in [6.45, 7) is 0.534. The standard InChI is InChI=1S/C24H46O7/c1-2-3-4-5-6-7-8-9-10-11-12-13-14-15-16-17-22(29)31-24(21(28)19-26)23(30)20(27)18-25/h20,23-27,30H,2-19H2,1H3/t20-,23-,24-/m1/s1. The monoisotopic (exact) mass is 446 g/mol. The van der Waals surface area contributed by atoms with E-state index < -0.39 is 43.3 Å². The van der Waals surface area contributed by atoms with E-state index >= 15 is 0 Å². The number of carbonyl (C=O) groups is 2. The highest BCUT2D eigenvalue weighted by molar-refractivity contribution is 5.87. The van der Waals surface area contributed by atoms with Crippen LogP contribution in [0.4, 0.5) is 0 Å². The van der Waals surface area contributed by atoms with Gasteiger partial charge in [-0.05, 0) is 6.42 Å². The lowest BCUT2D eigenvalue weighted by atomic mass is 10.0. The highest BCUT2D eigenvalue weighted by Crippen LogP contribution is 2.14. The molecule has 4 N–H and O–H groups in total. The molecule has 3 atom stereocenters. The predicted molar refractivity (Wildman–Crippen MR) is 121 cm³/mol. The van der Waals surface area contributed by atoms with E-state index in [0.717, 1.165) is 19.3 Å². The summed E-state index contributed by atoms with van der Waals surface area (Å²) in [6, 6.07) is 0. The van der Waals surface area contributed by atoms with Crippen LogP contribution in [0.25, 0.3) is 0 Å². The van der Waals surface area contributed by atoms with Gasteiger partial charge < -0.3 is 25.2 Å². The summed E-state index contributed by atoms with van der Waals surface area (Å²) >= 11 is 0. The normalized spacial score (nSPS) is 14.2. The topological polar surface area (TPSA) is 124 Å². The Bertz CT molecular complexity index is 442. The molecule has 0 saturated carbocycles. The number of Topliss-reactive ketones (excluding diaryl/α,β-unsaturated/α-hetero) is 1. The molecule has 0 unspecified atom stereocenters. The van der Waals surface area contributed by atoms with Gasteiger partial charge in [-0.25, -0.2) is 0 Å². The van der Waals surface area contributed by atoms with Gasteiger partial charge in [-0.15, -0.1) is 0 Å². The van der Waals surface area contributed by atoms with E-state index in [1.54, 1.807) is 0 Å². The molecule has 0 bridgehead atoms. The van der Waals surface area contributed by atoms with E-state index in [1.807, 2.05) is 0 Å². The molecule has 184 valence electrons. The SMILES string of the molecule is CCCCCCCCCCCCCCCCCC(=O)O[C@H](C(=O)CO)[C@H](O)[C@H](O)CO. The number of esters is 1. The predicted octanol–water partition coefficient (Wildman–Crippen LogP) is 3.44. The van der Waals surface area contributed by atoms with Gasteiger partial charge in [0.05, 0.1) is 6.61 Å². The Morgan fingerprint density at radius 2 is 1.13 bits per heavy atom. The maximum atomic E-state index is 11.9. The maximum absolute atomic E-state index is 11.9. The molecule has 0 aromatic rings. The minimum Gasteiger partial charge on any atom is -0.451 e. The van der Waals surface area contributed by atoms with Crippen LogP contribution in [0.2, 0.25) is 0 Å². The summed E-state index contributed by atoms with van der Waals surface area (Å²) in [5.74, 6) is -1.57. The van der Waals surface area contributed by atoms with Crippen LogP contribution in [0.15, 0.2) is 0 Å². The fourth-order valence-corrected chi connectivity index (χ4v) is 3.57. The molecule has 31 heavy (non-hydrogen) atoms. The van der Waals surface area contributed by atoms with Gasteiger partial charge in [-0.2, -0.15) is 0 Å². The van der Waals surface area contributed by atoms with E-state index in [0.29, 0.717) is 6.42 Å². The van der Waals surface area contributed by atoms with Crippen molar-refractivity contribution in [3.05, 3.63) is 0 Å². The molecule has 0 aromatic carbocycles. The first-order valence-electron chi connectivity index (χ1n) is 12.3. The highest BCUT2D eigenvalue weighted by Gasteiger charge is 2.34. The lowest BCUT2D eigenvalue weighted by Crippen LogP contribution is -2.47. The third-order valence-electron chi connectivity index (χ3n) is 5.61. The van der Waals surface area contributed by atoms with Gasteiger partial charge in [-0.1, -0.05) is 96.8 Å². The number of rotatable bonds is 22. The lowest BCUT2D eigenvalue weighted by molar-refractivity contribution is -0.169. The van der Waals surface area contributed by atoms with E-state index in [-0.39, 0.29) is 6.42 Å². The van der Waals surface area contributed by atoms with Gasteiger partial charge in [0.1, 0.15) is 18.8 Å². The molecular formula is C24H46O7. The van der Waals surface area contributed by atoms with E-state index in [4.69, 9.17) is 14.9 Å². The zero-order chi connectivity index (χ0) is 23.3. The van der Waals surface area contributed by atoms with Crippen LogP contribution in [0.5, 0.6) is 0 Å². The molecule has 0 heterocycles. The number of ether oxygens (including phenoxy) is 1. The molecule has 0 saturated heterocycles. The molecule has 0 aromatic heterocycles. The molecule has 0 aliphatic heterocycles. The first-order valence-corrected chi connectivity index (χ1v) is 12.3. The average Bonchev–Trinajstić information content (AvgIpc) is 2.78. The van der Waals surface area contributed by atoms with Crippen molar-refractivity contribution in [3.8, 4) is 0 Å². The fourth-order valence-electron chi connectivity index (χ4n) is 3.57. The van der Waals surface area contributed by atoms with E-state index in [1.165, 1.54) is 70.6 Å². The number of hydrogen-bond donors (Lipinski definition) is 4. The third kappa shape index (κ3) is 16.3.